The second-order valence-corrected chi connectivity index (χ2v) is 6.05. The molecule has 1 aromatic carbocycles. The molecule has 0 unspecified atom stereocenters. The van der Waals surface area contributed by atoms with Crippen molar-refractivity contribution in [3.63, 3.8) is 0 Å². The molecule has 5 heteroatoms. The molecule has 0 bridgehead atoms. The summed E-state index contributed by atoms with van der Waals surface area (Å²) in [5, 5.41) is 4.00. The van der Waals surface area contributed by atoms with E-state index in [9.17, 15) is 4.79 Å². The first kappa shape index (κ1) is 14.8. The number of nitrogens with zero attached hydrogens (tertiary/aromatic N) is 3. The third-order valence-electron chi connectivity index (χ3n) is 4.23. The van der Waals surface area contributed by atoms with E-state index in [-0.39, 0.29) is 11.8 Å². The lowest BCUT2D eigenvalue weighted by molar-refractivity contribution is -0.134. The van der Waals surface area contributed by atoms with Gasteiger partial charge in [0.2, 0.25) is 17.6 Å². The first-order chi connectivity index (χ1) is 10.6. The van der Waals surface area contributed by atoms with Gasteiger partial charge in [0.05, 0.1) is 6.54 Å². The van der Waals surface area contributed by atoms with Crippen molar-refractivity contribution in [1.29, 1.82) is 0 Å². The van der Waals surface area contributed by atoms with E-state index in [1.807, 2.05) is 31.2 Å². The maximum Gasteiger partial charge on any atom is 0.246 e. The number of carbonyl (C=O) groups is 1. The first-order valence-corrected chi connectivity index (χ1v) is 7.78. The average molecular weight is 299 g/mol. The van der Waals surface area contributed by atoms with Crippen LogP contribution in [0.1, 0.15) is 37.1 Å². The number of hydrogen-bond donors (Lipinski definition) is 0. The maximum absolute atomic E-state index is 12.3. The number of amides is 1. The molecule has 116 valence electrons. The van der Waals surface area contributed by atoms with Crippen molar-refractivity contribution in [2.24, 2.45) is 5.92 Å². The lowest BCUT2D eigenvalue weighted by Gasteiger charge is -2.18. The molecule has 0 spiro atoms. The van der Waals surface area contributed by atoms with E-state index in [2.05, 4.69) is 10.1 Å². The number of benzene rings is 1. The molecule has 0 aliphatic heterocycles. The molecule has 1 fully saturated rings. The van der Waals surface area contributed by atoms with Crippen LogP contribution in [0.3, 0.4) is 0 Å². The van der Waals surface area contributed by atoms with Crippen molar-refractivity contribution >= 4 is 5.91 Å². The predicted molar refractivity (Wildman–Crippen MR) is 82.9 cm³/mol. The van der Waals surface area contributed by atoms with Crippen LogP contribution in [0.15, 0.2) is 28.8 Å². The normalized spacial score (nSPS) is 15.2. The lowest BCUT2D eigenvalue weighted by atomic mass is 10.1. The minimum atomic E-state index is 0.171. The van der Waals surface area contributed by atoms with Crippen LogP contribution in [-0.2, 0) is 11.3 Å². The van der Waals surface area contributed by atoms with Gasteiger partial charge in [-0.2, -0.15) is 4.98 Å². The highest BCUT2D eigenvalue weighted by Gasteiger charge is 2.26. The molecule has 1 aliphatic rings. The fourth-order valence-corrected chi connectivity index (χ4v) is 2.90. The maximum atomic E-state index is 12.3. The van der Waals surface area contributed by atoms with Gasteiger partial charge in [-0.15, -0.1) is 0 Å². The van der Waals surface area contributed by atoms with E-state index >= 15 is 0 Å². The Morgan fingerprint density at radius 2 is 1.95 bits per heavy atom. The molecule has 1 saturated carbocycles. The van der Waals surface area contributed by atoms with Gasteiger partial charge in [0, 0.05) is 18.5 Å². The van der Waals surface area contributed by atoms with Gasteiger partial charge in [-0.3, -0.25) is 4.79 Å². The van der Waals surface area contributed by atoms with Crippen LogP contribution in [0.5, 0.6) is 0 Å². The summed E-state index contributed by atoms with van der Waals surface area (Å²) in [7, 11) is 1.80. The summed E-state index contributed by atoms with van der Waals surface area (Å²) < 4.78 is 5.28. The quantitative estimate of drug-likeness (QED) is 0.870. The van der Waals surface area contributed by atoms with Gasteiger partial charge in [0.1, 0.15) is 0 Å². The Balaban J connectivity index is 1.66. The third-order valence-corrected chi connectivity index (χ3v) is 4.23. The summed E-state index contributed by atoms with van der Waals surface area (Å²) >= 11 is 0. The number of aryl methyl sites for hydroxylation is 1. The Labute approximate surface area is 130 Å². The van der Waals surface area contributed by atoms with Crippen LogP contribution in [0, 0.1) is 12.8 Å². The Bertz CT molecular complexity index is 642. The highest BCUT2D eigenvalue weighted by Crippen LogP contribution is 2.26. The molecular weight excluding hydrogens is 278 g/mol. The monoisotopic (exact) mass is 299 g/mol. The SMILES string of the molecule is Cc1ccc(-c2noc(CN(C)C(=O)C3CCCC3)n2)cc1. The molecule has 2 aromatic rings. The zero-order valence-electron chi connectivity index (χ0n) is 13.1. The number of rotatable bonds is 4. The van der Waals surface area contributed by atoms with Gasteiger partial charge in [-0.1, -0.05) is 47.8 Å². The van der Waals surface area contributed by atoms with E-state index < -0.39 is 0 Å². The molecule has 1 amide bonds. The molecule has 22 heavy (non-hydrogen) atoms. The van der Waals surface area contributed by atoms with Crippen molar-refractivity contribution in [3.05, 3.63) is 35.7 Å². The summed E-state index contributed by atoms with van der Waals surface area (Å²) in [5.41, 5.74) is 2.11. The number of aromatic nitrogens is 2. The van der Waals surface area contributed by atoms with Gasteiger partial charge in [0.25, 0.3) is 0 Å². The summed E-state index contributed by atoms with van der Waals surface area (Å²) in [6.45, 7) is 2.41. The Morgan fingerprint density at radius 3 is 2.64 bits per heavy atom. The Kier molecular flexibility index (Phi) is 4.22. The molecule has 1 aromatic heterocycles. The average Bonchev–Trinajstić information content (AvgIpc) is 3.18. The highest BCUT2D eigenvalue weighted by atomic mass is 16.5. The van der Waals surface area contributed by atoms with Crippen LogP contribution < -0.4 is 0 Å². The smallest absolute Gasteiger partial charge is 0.246 e. The standard InChI is InChI=1S/C17H21N3O2/c1-12-7-9-13(10-8-12)16-18-15(22-19-16)11-20(2)17(21)14-5-3-4-6-14/h7-10,14H,3-6,11H2,1-2H3. The zero-order valence-corrected chi connectivity index (χ0v) is 13.1. The van der Waals surface area contributed by atoms with Crippen LogP contribution in [0.2, 0.25) is 0 Å². The van der Waals surface area contributed by atoms with Gasteiger partial charge in [-0.25, -0.2) is 0 Å². The summed E-state index contributed by atoms with van der Waals surface area (Å²) in [5.74, 6) is 1.40. The molecule has 1 aliphatic carbocycles. The van der Waals surface area contributed by atoms with Gasteiger partial charge < -0.3 is 9.42 Å². The van der Waals surface area contributed by atoms with Crippen molar-refractivity contribution in [2.75, 3.05) is 7.05 Å². The fourth-order valence-electron chi connectivity index (χ4n) is 2.90. The minimum absolute atomic E-state index is 0.171. The predicted octanol–water partition coefficient (Wildman–Crippen LogP) is 3.19. The van der Waals surface area contributed by atoms with E-state index in [0.29, 0.717) is 18.3 Å². The number of hydrogen-bond acceptors (Lipinski definition) is 4. The largest absolute Gasteiger partial charge is 0.337 e. The first-order valence-electron chi connectivity index (χ1n) is 7.78. The van der Waals surface area contributed by atoms with Crippen LogP contribution >= 0.6 is 0 Å². The minimum Gasteiger partial charge on any atom is -0.337 e. The summed E-state index contributed by atoms with van der Waals surface area (Å²) in [4.78, 5) is 18.4. The summed E-state index contributed by atoms with van der Waals surface area (Å²) in [6.07, 6.45) is 4.31. The molecule has 0 N–H and O–H groups in total. The molecule has 0 saturated heterocycles. The van der Waals surface area contributed by atoms with Crippen LogP contribution in [0.25, 0.3) is 11.4 Å². The van der Waals surface area contributed by atoms with Gasteiger partial charge >= 0.3 is 0 Å². The molecule has 0 atom stereocenters. The fraction of sp³-hybridized carbons (Fsp3) is 0.471. The van der Waals surface area contributed by atoms with E-state index in [1.54, 1.807) is 11.9 Å². The second-order valence-electron chi connectivity index (χ2n) is 6.05. The van der Waals surface area contributed by atoms with E-state index in [4.69, 9.17) is 4.52 Å². The Morgan fingerprint density at radius 1 is 1.27 bits per heavy atom. The highest BCUT2D eigenvalue weighted by molar-refractivity contribution is 5.78. The van der Waals surface area contributed by atoms with Crippen molar-refractivity contribution in [1.82, 2.24) is 15.0 Å². The molecule has 5 nitrogen and oxygen atoms in total. The molecule has 0 radical (unpaired) electrons. The van der Waals surface area contributed by atoms with Crippen LogP contribution in [-0.4, -0.2) is 28.0 Å². The topological polar surface area (TPSA) is 59.2 Å². The van der Waals surface area contributed by atoms with Crippen molar-refractivity contribution in [2.45, 2.75) is 39.2 Å². The molecule has 3 rings (SSSR count). The van der Waals surface area contributed by atoms with Gasteiger partial charge in [-0.05, 0) is 19.8 Å². The van der Waals surface area contributed by atoms with Crippen LogP contribution in [0.4, 0.5) is 0 Å². The Hall–Kier alpha value is -2.17. The molecule has 1 heterocycles. The summed E-state index contributed by atoms with van der Waals surface area (Å²) in [6, 6.07) is 7.97. The lowest BCUT2D eigenvalue weighted by Crippen LogP contribution is -2.31. The van der Waals surface area contributed by atoms with Crippen molar-refractivity contribution < 1.29 is 9.32 Å². The molecular formula is C17H21N3O2. The third kappa shape index (κ3) is 3.18. The van der Waals surface area contributed by atoms with Crippen molar-refractivity contribution in [3.8, 4) is 11.4 Å². The number of carbonyl (C=O) groups excluding carboxylic acids is 1. The van der Waals surface area contributed by atoms with E-state index in [1.165, 1.54) is 5.56 Å². The second kappa shape index (κ2) is 6.30. The van der Waals surface area contributed by atoms with E-state index in [0.717, 1.165) is 31.2 Å². The zero-order chi connectivity index (χ0) is 15.5. The van der Waals surface area contributed by atoms with Gasteiger partial charge in [0.15, 0.2) is 0 Å².